The fourth-order valence-corrected chi connectivity index (χ4v) is 2.05. The van der Waals surface area contributed by atoms with Crippen LogP contribution < -0.4 is 10.7 Å². The van der Waals surface area contributed by atoms with Crippen LogP contribution in [-0.2, 0) is 0 Å². The zero-order valence-corrected chi connectivity index (χ0v) is 10.6. The monoisotopic (exact) mass is 282 g/mol. The summed E-state index contributed by atoms with van der Waals surface area (Å²) in [5.41, 5.74) is 3.03. The summed E-state index contributed by atoms with van der Waals surface area (Å²) < 4.78 is 0. The maximum atomic E-state index is 10.9. The summed E-state index contributed by atoms with van der Waals surface area (Å²) >= 11 is 7.34. The van der Waals surface area contributed by atoms with Crippen LogP contribution in [0.25, 0.3) is 0 Å². The van der Waals surface area contributed by atoms with E-state index in [1.807, 2.05) is 17.5 Å². The molecule has 0 aliphatic carbocycles. The average Bonchev–Trinajstić information content (AvgIpc) is 2.82. The minimum atomic E-state index is -0.237. The summed E-state index contributed by atoms with van der Waals surface area (Å²) in [6, 6.07) is 8.22. The van der Waals surface area contributed by atoms with E-state index >= 15 is 0 Å². The third kappa shape index (κ3) is 3.21. The van der Waals surface area contributed by atoms with Gasteiger partial charge in [0, 0.05) is 9.90 Å². The van der Waals surface area contributed by atoms with Crippen LogP contribution in [0.4, 0.5) is 11.4 Å². The Morgan fingerprint density at radius 1 is 1.44 bits per heavy atom. The Morgan fingerprint density at radius 3 is 2.94 bits per heavy atom. The molecule has 0 amide bonds. The van der Waals surface area contributed by atoms with E-state index in [1.165, 1.54) is 29.5 Å². The Kier molecular flexibility index (Phi) is 4.16. The first kappa shape index (κ1) is 12.8. The molecule has 1 heterocycles. The summed E-state index contributed by atoms with van der Waals surface area (Å²) in [5, 5.41) is 25.9. The van der Waals surface area contributed by atoms with Gasteiger partial charge in [-0.15, -0.1) is 11.3 Å². The Morgan fingerprint density at radius 2 is 2.28 bits per heavy atom. The van der Waals surface area contributed by atoms with E-state index in [9.17, 15) is 5.21 Å². The van der Waals surface area contributed by atoms with E-state index in [2.05, 4.69) is 10.5 Å². The molecule has 1 aromatic heterocycles. The molecule has 2 rings (SSSR count). The highest BCUT2D eigenvalue weighted by Crippen LogP contribution is 2.27. The molecule has 0 unspecified atom stereocenters. The van der Waals surface area contributed by atoms with Crippen molar-refractivity contribution in [3.05, 3.63) is 50.8 Å². The van der Waals surface area contributed by atoms with E-state index in [-0.39, 0.29) is 10.9 Å². The van der Waals surface area contributed by atoms with Crippen molar-refractivity contribution >= 4 is 40.5 Å². The van der Waals surface area contributed by atoms with Gasteiger partial charge in [0.15, 0.2) is 0 Å². The smallest absolute Gasteiger partial charge is 0.0823 e. The van der Waals surface area contributed by atoms with E-state index in [0.717, 1.165) is 4.88 Å². The first-order chi connectivity index (χ1) is 8.66. The maximum absolute atomic E-state index is 10.9. The van der Waals surface area contributed by atoms with Crippen LogP contribution in [0, 0.1) is 5.21 Å². The normalized spacial score (nSPS) is 10.8. The first-order valence-electron chi connectivity index (χ1n) is 4.95. The van der Waals surface area contributed by atoms with Gasteiger partial charge in [-0.3, -0.25) is 10.6 Å². The zero-order chi connectivity index (χ0) is 13.0. The van der Waals surface area contributed by atoms with Crippen LogP contribution in [0.15, 0.2) is 40.8 Å². The number of hydrogen-bond donors (Lipinski definition) is 2. The summed E-state index contributed by atoms with van der Waals surface area (Å²) in [6.07, 6.45) is 1.61. The van der Waals surface area contributed by atoms with Crippen LogP contribution in [0.1, 0.15) is 4.88 Å². The Labute approximate surface area is 112 Å². The molecular formula is C11H9ClN3O2S-. The minimum Gasteiger partial charge on any atom is -0.733 e. The molecule has 2 aromatic rings. The minimum absolute atomic E-state index is 0.0442. The number of nitrogens with zero attached hydrogens (tertiary/aromatic N) is 2. The van der Waals surface area contributed by atoms with Crippen LogP contribution >= 0.6 is 22.9 Å². The van der Waals surface area contributed by atoms with Gasteiger partial charge < -0.3 is 10.4 Å². The lowest BCUT2D eigenvalue weighted by atomic mass is 10.3. The highest BCUT2D eigenvalue weighted by Gasteiger charge is 2.03. The Bertz CT molecular complexity index is 543. The fourth-order valence-electron chi connectivity index (χ4n) is 1.29. The molecule has 2 N–H and O–H groups in total. The van der Waals surface area contributed by atoms with Gasteiger partial charge in [-0.25, -0.2) is 0 Å². The Hall–Kier alpha value is -1.60. The van der Waals surface area contributed by atoms with Crippen molar-refractivity contribution in [2.24, 2.45) is 5.10 Å². The predicted molar refractivity (Wildman–Crippen MR) is 74.6 cm³/mol. The molecule has 0 saturated carbocycles. The molecule has 0 radical (unpaired) electrons. The lowest BCUT2D eigenvalue weighted by Crippen LogP contribution is -2.09. The fraction of sp³-hybridized carbons (Fsp3) is 0. The Balaban J connectivity index is 2.15. The second kappa shape index (κ2) is 5.83. The number of hydrogen-bond acceptors (Lipinski definition) is 6. The summed E-state index contributed by atoms with van der Waals surface area (Å²) in [7, 11) is 0. The third-order valence-electron chi connectivity index (χ3n) is 2.08. The molecule has 18 heavy (non-hydrogen) atoms. The van der Waals surface area contributed by atoms with E-state index in [4.69, 9.17) is 16.8 Å². The van der Waals surface area contributed by atoms with E-state index in [1.54, 1.807) is 6.21 Å². The molecule has 7 heteroatoms. The van der Waals surface area contributed by atoms with E-state index < -0.39 is 0 Å². The lowest BCUT2D eigenvalue weighted by molar-refractivity contribution is 0.297. The second-order valence-corrected chi connectivity index (χ2v) is 4.74. The maximum Gasteiger partial charge on any atom is 0.0823 e. The zero-order valence-electron chi connectivity index (χ0n) is 9.08. The number of halogens is 1. The van der Waals surface area contributed by atoms with Crippen molar-refractivity contribution in [2.45, 2.75) is 0 Å². The molecular weight excluding hydrogens is 274 g/mol. The van der Waals surface area contributed by atoms with Crippen molar-refractivity contribution in [3.63, 3.8) is 0 Å². The lowest BCUT2D eigenvalue weighted by Gasteiger charge is -2.24. The van der Waals surface area contributed by atoms with E-state index in [0.29, 0.717) is 10.7 Å². The molecule has 5 nitrogen and oxygen atoms in total. The van der Waals surface area contributed by atoms with Gasteiger partial charge in [0.1, 0.15) is 0 Å². The number of thiophene rings is 1. The summed E-state index contributed by atoms with van der Waals surface area (Å²) in [5.74, 6) is 0. The predicted octanol–water partition coefficient (Wildman–Crippen LogP) is 3.54. The van der Waals surface area contributed by atoms with Gasteiger partial charge in [0.2, 0.25) is 0 Å². The summed E-state index contributed by atoms with van der Waals surface area (Å²) in [6.45, 7) is 0. The largest absolute Gasteiger partial charge is 0.733 e. The average molecular weight is 283 g/mol. The highest BCUT2D eigenvalue weighted by atomic mass is 35.5. The van der Waals surface area contributed by atoms with Crippen LogP contribution in [0.2, 0.25) is 5.02 Å². The van der Waals surface area contributed by atoms with Crippen molar-refractivity contribution in [2.75, 3.05) is 10.7 Å². The molecule has 0 atom stereocenters. The molecule has 0 bridgehead atoms. The van der Waals surface area contributed by atoms with Gasteiger partial charge in [-0.1, -0.05) is 17.7 Å². The molecule has 0 aliphatic rings. The molecule has 0 fully saturated rings. The van der Waals surface area contributed by atoms with Crippen molar-refractivity contribution in [1.29, 1.82) is 0 Å². The first-order valence-corrected chi connectivity index (χ1v) is 6.21. The van der Waals surface area contributed by atoms with Crippen LogP contribution in [-0.4, -0.2) is 11.4 Å². The van der Waals surface area contributed by atoms with Crippen molar-refractivity contribution in [1.82, 2.24) is 0 Å². The molecule has 0 saturated heterocycles. The third-order valence-corrected chi connectivity index (χ3v) is 3.13. The van der Waals surface area contributed by atoms with Crippen LogP contribution in [0.3, 0.4) is 0 Å². The van der Waals surface area contributed by atoms with Gasteiger partial charge in [0.05, 0.1) is 17.6 Å². The second-order valence-electron chi connectivity index (χ2n) is 3.32. The number of benzene rings is 1. The quantitative estimate of drug-likeness (QED) is 0.665. The summed E-state index contributed by atoms with van der Waals surface area (Å²) in [4.78, 5) is 0.967. The van der Waals surface area contributed by atoms with Gasteiger partial charge in [-0.2, -0.15) is 5.10 Å². The van der Waals surface area contributed by atoms with Crippen LogP contribution in [0.5, 0.6) is 0 Å². The standard InChI is InChI=1S/C11H9ClN3O2S/c12-8-3-4-11(15(16)17)10(6-8)14-13-7-9-2-1-5-18-9/h1-7,14,16H/q-1/b13-7+. The highest BCUT2D eigenvalue weighted by molar-refractivity contribution is 7.11. The SMILES string of the molecule is [O-]N(O)c1ccc(Cl)cc1N/N=C/c1cccs1. The molecule has 94 valence electrons. The number of hydrazone groups is 1. The molecule has 0 spiro atoms. The molecule has 1 aromatic carbocycles. The van der Waals surface area contributed by atoms with Gasteiger partial charge in [0.25, 0.3) is 0 Å². The van der Waals surface area contributed by atoms with Gasteiger partial charge in [-0.05, 0) is 29.6 Å². The van der Waals surface area contributed by atoms with Crippen molar-refractivity contribution in [3.8, 4) is 0 Å². The number of rotatable bonds is 4. The number of nitrogens with one attached hydrogen (secondary N) is 1. The van der Waals surface area contributed by atoms with Gasteiger partial charge >= 0.3 is 0 Å². The van der Waals surface area contributed by atoms with Crippen molar-refractivity contribution < 1.29 is 5.21 Å². The number of anilines is 2. The topological polar surface area (TPSA) is 70.9 Å². The molecule has 0 aliphatic heterocycles.